The molecule has 0 bridgehead atoms. The maximum atomic E-state index is 11.9. The number of rotatable bonds is 5. The second-order valence-electron chi connectivity index (χ2n) is 4.14. The van der Waals surface area contributed by atoms with E-state index in [0.29, 0.717) is 12.6 Å². The molecule has 18 heavy (non-hydrogen) atoms. The van der Waals surface area contributed by atoms with Gasteiger partial charge in [0.05, 0.1) is 6.07 Å². The molecule has 0 amide bonds. The SMILES string of the molecule is C\C=C(/C=N\C=C\C(F)(F)F)C(CC#N)C(C)C. The summed E-state index contributed by atoms with van der Waals surface area (Å²) in [6.07, 6.45) is -0.0836. The number of halogens is 3. The average Bonchev–Trinajstić information content (AvgIpc) is 2.25. The molecule has 0 aliphatic heterocycles. The van der Waals surface area contributed by atoms with Crippen molar-refractivity contribution >= 4 is 6.21 Å². The normalized spacial score (nSPS) is 15.6. The largest absolute Gasteiger partial charge is 0.411 e. The summed E-state index contributed by atoms with van der Waals surface area (Å²) in [4.78, 5) is 3.61. The summed E-state index contributed by atoms with van der Waals surface area (Å²) in [7, 11) is 0. The van der Waals surface area contributed by atoms with E-state index in [4.69, 9.17) is 5.26 Å². The fraction of sp³-hybridized carbons (Fsp3) is 0.538. The molecule has 1 atom stereocenters. The number of hydrogen-bond donors (Lipinski definition) is 0. The molecule has 0 radical (unpaired) electrons. The van der Waals surface area contributed by atoms with Crippen LogP contribution in [0.25, 0.3) is 0 Å². The predicted octanol–water partition coefficient (Wildman–Crippen LogP) is 4.27. The molecule has 0 spiro atoms. The highest BCUT2D eigenvalue weighted by Crippen LogP contribution is 2.22. The zero-order chi connectivity index (χ0) is 14.2. The van der Waals surface area contributed by atoms with Crippen molar-refractivity contribution in [1.29, 1.82) is 5.26 Å². The molecule has 2 nitrogen and oxygen atoms in total. The summed E-state index contributed by atoms with van der Waals surface area (Å²) in [5.41, 5.74) is 0.776. The van der Waals surface area contributed by atoms with E-state index >= 15 is 0 Å². The molecule has 0 aromatic heterocycles. The Morgan fingerprint density at radius 2 is 2.00 bits per heavy atom. The second-order valence-corrected chi connectivity index (χ2v) is 4.14. The molecular formula is C13H17F3N2. The molecule has 0 aliphatic carbocycles. The van der Waals surface area contributed by atoms with E-state index in [0.717, 1.165) is 5.57 Å². The highest BCUT2D eigenvalue weighted by atomic mass is 19.4. The van der Waals surface area contributed by atoms with E-state index < -0.39 is 6.18 Å². The third-order valence-electron chi connectivity index (χ3n) is 2.45. The molecular weight excluding hydrogens is 241 g/mol. The number of alkyl halides is 3. The number of nitriles is 1. The number of hydrogen-bond acceptors (Lipinski definition) is 2. The maximum absolute atomic E-state index is 11.9. The van der Waals surface area contributed by atoms with Gasteiger partial charge >= 0.3 is 6.18 Å². The zero-order valence-electron chi connectivity index (χ0n) is 10.7. The standard InChI is InChI=1S/C13H17F3N2/c1-4-11(12(5-7-17)10(2)3)9-18-8-6-13(14,15)16/h4,6,8-10,12H,5H2,1-3H3/b8-6+,11-4+,18-9-. The summed E-state index contributed by atoms with van der Waals surface area (Å²) in [6, 6.07) is 2.08. The van der Waals surface area contributed by atoms with E-state index in [1.807, 2.05) is 13.8 Å². The minimum Gasteiger partial charge on any atom is -0.264 e. The van der Waals surface area contributed by atoms with Gasteiger partial charge < -0.3 is 0 Å². The van der Waals surface area contributed by atoms with Crippen LogP contribution in [0.4, 0.5) is 13.2 Å². The van der Waals surface area contributed by atoms with Gasteiger partial charge in [0.1, 0.15) is 0 Å². The van der Waals surface area contributed by atoms with Gasteiger partial charge in [0.2, 0.25) is 0 Å². The van der Waals surface area contributed by atoms with E-state index in [2.05, 4.69) is 11.1 Å². The van der Waals surface area contributed by atoms with Crippen molar-refractivity contribution in [2.45, 2.75) is 33.4 Å². The molecule has 0 heterocycles. The molecule has 0 fully saturated rings. The zero-order valence-corrected chi connectivity index (χ0v) is 10.7. The van der Waals surface area contributed by atoms with Crippen molar-refractivity contribution in [3.63, 3.8) is 0 Å². The van der Waals surface area contributed by atoms with Gasteiger partial charge in [-0.15, -0.1) is 0 Å². The molecule has 0 saturated carbocycles. The Hall–Kier alpha value is -1.57. The third kappa shape index (κ3) is 6.89. The Kier molecular flexibility index (Phi) is 7.03. The lowest BCUT2D eigenvalue weighted by atomic mass is 9.86. The Labute approximate surface area is 106 Å². The van der Waals surface area contributed by atoms with Gasteiger partial charge in [-0.1, -0.05) is 19.9 Å². The summed E-state index contributed by atoms with van der Waals surface area (Å²) < 4.78 is 35.6. The maximum Gasteiger partial charge on any atom is 0.411 e. The molecule has 0 aliphatic rings. The molecule has 0 saturated heterocycles. The van der Waals surface area contributed by atoms with Crippen molar-refractivity contribution in [2.24, 2.45) is 16.8 Å². The van der Waals surface area contributed by atoms with E-state index in [9.17, 15) is 13.2 Å². The monoisotopic (exact) mass is 258 g/mol. The molecule has 0 aromatic carbocycles. The van der Waals surface area contributed by atoms with E-state index in [1.54, 1.807) is 13.0 Å². The summed E-state index contributed by atoms with van der Waals surface area (Å²) in [6.45, 7) is 5.71. The lowest BCUT2D eigenvalue weighted by Gasteiger charge is -2.18. The Balaban J connectivity index is 4.76. The quantitative estimate of drug-likeness (QED) is 0.678. The molecule has 0 aromatic rings. The summed E-state index contributed by atoms with van der Waals surface area (Å²) >= 11 is 0. The van der Waals surface area contributed by atoms with Crippen LogP contribution in [0.5, 0.6) is 0 Å². The van der Waals surface area contributed by atoms with Gasteiger partial charge in [0, 0.05) is 30.8 Å². The molecule has 100 valence electrons. The number of nitrogens with zero attached hydrogens (tertiary/aromatic N) is 2. The second kappa shape index (κ2) is 7.70. The van der Waals surface area contributed by atoms with Crippen LogP contribution < -0.4 is 0 Å². The summed E-state index contributed by atoms with van der Waals surface area (Å²) in [5, 5.41) is 8.72. The van der Waals surface area contributed by atoms with Crippen molar-refractivity contribution in [3.05, 3.63) is 23.9 Å². The minimum atomic E-state index is -4.35. The van der Waals surface area contributed by atoms with Crippen LogP contribution in [0.1, 0.15) is 27.2 Å². The Morgan fingerprint density at radius 1 is 1.39 bits per heavy atom. The van der Waals surface area contributed by atoms with Crippen LogP contribution in [-0.4, -0.2) is 12.4 Å². The van der Waals surface area contributed by atoms with Gasteiger partial charge in [0.15, 0.2) is 0 Å². The van der Waals surface area contributed by atoms with Crippen LogP contribution in [0, 0.1) is 23.2 Å². The first-order valence-electron chi connectivity index (χ1n) is 5.62. The van der Waals surface area contributed by atoms with E-state index in [-0.39, 0.29) is 17.9 Å². The fourth-order valence-electron chi connectivity index (χ4n) is 1.48. The van der Waals surface area contributed by atoms with Gasteiger partial charge in [-0.25, -0.2) is 0 Å². The molecule has 5 heteroatoms. The minimum absolute atomic E-state index is 0.0111. The first-order chi connectivity index (χ1) is 8.31. The molecule has 0 N–H and O–H groups in total. The number of aliphatic imine (C=N–C) groups is 1. The van der Waals surface area contributed by atoms with Crippen LogP contribution in [0.2, 0.25) is 0 Å². The van der Waals surface area contributed by atoms with Crippen LogP contribution >= 0.6 is 0 Å². The van der Waals surface area contributed by atoms with Crippen molar-refractivity contribution in [3.8, 4) is 6.07 Å². The highest BCUT2D eigenvalue weighted by molar-refractivity contribution is 5.79. The Bertz CT molecular complexity index is 371. The predicted molar refractivity (Wildman–Crippen MR) is 66.0 cm³/mol. The lowest BCUT2D eigenvalue weighted by Crippen LogP contribution is -2.12. The third-order valence-corrected chi connectivity index (χ3v) is 2.45. The fourth-order valence-corrected chi connectivity index (χ4v) is 1.48. The highest BCUT2D eigenvalue weighted by Gasteiger charge is 2.21. The molecule has 0 rings (SSSR count). The molecule has 1 unspecified atom stereocenters. The lowest BCUT2D eigenvalue weighted by molar-refractivity contribution is -0.0799. The van der Waals surface area contributed by atoms with Crippen LogP contribution in [0.15, 0.2) is 28.9 Å². The first kappa shape index (κ1) is 16.4. The number of allylic oxidation sites excluding steroid dienone is 3. The Morgan fingerprint density at radius 3 is 2.39 bits per heavy atom. The van der Waals surface area contributed by atoms with Crippen molar-refractivity contribution < 1.29 is 13.2 Å². The average molecular weight is 258 g/mol. The van der Waals surface area contributed by atoms with Gasteiger partial charge in [-0.05, 0) is 18.4 Å². The van der Waals surface area contributed by atoms with Gasteiger partial charge in [0.25, 0.3) is 0 Å². The van der Waals surface area contributed by atoms with Crippen molar-refractivity contribution in [1.82, 2.24) is 0 Å². The van der Waals surface area contributed by atoms with Gasteiger partial charge in [-0.2, -0.15) is 18.4 Å². The van der Waals surface area contributed by atoms with E-state index in [1.165, 1.54) is 6.21 Å². The van der Waals surface area contributed by atoms with Crippen LogP contribution in [-0.2, 0) is 0 Å². The summed E-state index contributed by atoms with van der Waals surface area (Å²) in [5.74, 6) is 0.219. The van der Waals surface area contributed by atoms with Crippen LogP contribution in [0.3, 0.4) is 0 Å². The first-order valence-corrected chi connectivity index (χ1v) is 5.62. The smallest absolute Gasteiger partial charge is 0.264 e. The van der Waals surface area contributed by atoms with Gasteiger partial charge in [-0.3, -0.25) is 4.99 Å². The topological polar surface area (TPSA) is 36.1 Å². The van der Waals surface area contributed by atoms with Crippen molar-refractivity contribution in [2.75, 3.05) is 0 Å².